The van der Waals surface area contributed by atoms with Gasteiger partial charge in [0, 0.05) is 36.9 Å². The van der Waals surface area contributed by atoms with Gasteiger partial charge in [0.05, 0.1) is 0 Å². The van der Waals surface area contributed by atoms with Crippen LogP contribution in [0.4, 0.5) is 5.69 Å². The van der Waals surface area contributed by atoms with Crippen LogP contribution >= 0.6 is 0 Å². The lowest BCUT2D eigenvalue weighted by Crippen LogP contribution is -2.47. The molecule has 3 aromatic rings. The Bertz CT molecular complexity index is 1130. The van der Waals surface area contributed by atoms with Crippen molar-refractivity contribution in [2.24, 2.45) is 0 Å². The molecule has 1 amide bonds. The van der Waals surface area contributed by atoms with E-state index in [4.69, 9.17) is 9.47 Å². The number of fused-ring (bicyclic) bond motifs is 1. The van der Waals surface area contributed by atoms with Gasteiger partial charge < -0.3 is 14.4 Å². The summed E-state index contributed by atoms with van der Waals surface area (Å²) in [6.45, 7) is 8.10. The SMILES string of the molecule is Cc1ccc(C(=O)N(c2ccc(C)cc2)C2CCN(Cc3ccc4c(c3)OCCO4)CC2)cc1. The molecule has 0 aromatic heterocycles. The molecular formula is C29H32N2O3. The maximum atomic E-state index is 13.6. The van der Waals surface area contributed by atoms with Gasteiger partial charge in [0.2, 0.25) is 0 Å². The van der Waals surface area contributed by atoms with Crippen molar-refractivity contribution in [3.8, 4) is 11.5 Å². The zero-order valence-electron chi connectivity index (χ0n) is 20.0. The highest BCUT2D eigenvalue weighted by molar-refractivity contribution is 6.06. The average molecular weight is 457 g/mol. The number of nitrogens with zero attached hydrogens (tertiary/aromatic N) is 2. The summed E-state index contributed by atoms with van der Waals surface area (Å²) in [5.41, 5.74) is 5.30. The van der Waals surface area contributed by atoms with E-state index in [2.05, 4.69) is 48.2 Å². The molecule has 176 valence electrons. The van der Waals surface area contributed by atoms with Crippen LogP contribution in [0.3, 0.4) is 0 Å². The maximum Gasteiger partial charge on any atom is 0.258 e. The molecule has 0 bridgehead atoms. The summed E-state index contributed by atoms with van der Waals surface area (Å²) >= 11 is 0. The van der Waals surface area contributed by atoms with E-state index in [-0.39, 0.29) is 11.9 Å². The van der Waals surface area contributed by atoms with Gasteiger partial charge in [-0.3, -0.25) is 9.69 Å². The minimum Gasteiger partial charge on any atom is -0.486 e. The fraction of sp³-hybridized carbons (Fsp3) is 0.345. The quantitative estimate of drug-likeness (QED) is 0.517. The van der Waals surface area contributed by atoms with Crippen LogP contribution in [0, 0.1) is 13.8 Å². The Balaban J connectivity index is 1.30. The Kier molecular flexibility index (Phi) is 6.54. The molecule has 2 heterocycles. The highest BCUT2D eigenvalue weighted by Gasteiger charge is 2.30. The van der Waals surface area contributed by atoms with Gasteiger partial charge in [-0.2, -0.15) is 0 Å². The van der Waals surface area contributed by atoms with Crippen molar-refractivity contribution in [3.05, 3.63) is 89.0 Å². The van der Waals surface area contributed by atoms with Gasteiger partial charge in [-0.1, -0.05) is 41.5 Å². The van der Waals surface area contributed by atoms with Gasteiger partial charge in [-0.15, -0.1) is 0 Å². The molecular weight excluding hydrogens is 424 g/mol. The van der Waals surface area contributed by atoms with Crippen LogP contribution in [0.5, 0.6) is 11.5 Å². The van der Waals surface area contributed by atoms with Crippen LogP contribution in [0.25, 0.3) is 0 Å². The second-order valence-electron chi connectivity index (χ2n) is 9.36. The predicted octanol–water partition coefficient (Wildman–Crippen LogP) is 5.39. The molecule has 0 aliphatic carbocycles. The number of piperidine rings is 1. The van der Waals surface area contributed by atoms with E-state index in [0.717, 1.165) is 60.8 Å². The maximum absolute atomic E-state index is 13.6. The summed E-state index contributed by atoms with van der Waals surface area (Å²) < 4.78 is 11.4. The third-order valence-electron chi connectivity index (χ3n) is 6.76. The predicted molar refractivity (Wildman–Crippen MR) is 135 cm³/mol. The Morgan fingerprint density at radius 2 is 1.47 bits per heavy atom. The van der Waals surface area contributed by atoms with Crippen LogP contribution in [0.1, 0.15) is 39.9 Å². The van der Waals surface area contributed by atoms with Gasteiger partial charge in [-0.05, 0) is 68.7 Å². The number of ether oxygens (including phenoxy) is 2. The second-order valence-corrected chi connectivity index (χ2v) is 9.36. The molecule has 5 nitrogen and oxygen atoms in total. The Hall–Kier alpha value is -3.31. The molecule has 34 heavy (non-hydrogen) atoms. The first-order valence-electron chi connectivity index (χ1n) is 12.1. The molecule has 0 unspecified atom stereocenters. The lowest BCUT2D eigenvalue weighted by atomic mass is 9.99. The fourth-order valence-electron chi connectivity index (χ4n) is 4.81. The largest absolute Gasteiger partial charge is 0.486 e. The molecule has 1 fully saturated rings. The van der Waals surface area contributed by atoms with Crippen molar-refractivity contribution in [2.75, 3.05) is 31.2 Å². The molecule has 0 radical (unpaired) electrons. The van der Waals surface area contributed by atoms with Crippen molar-refractivity contribution >= 4 is 11.6 Å². The number of amides is 1. The van der Waals surface area contributed by atoms with E-state index in [9.17, 15) is 4.79 Å². The number of aryl methyl sites for hydroxylation is 2. The first-order chi connectivity index (χ1) is 16.6. The van der Waals surface area contributed by atoms with Crippen molar-refractivity contribution in [2.45, 2.75) is 39.3 Å². The number of benzene rings is 3. The smallest absolute Gasteiger partial charge is 0.258 e. The zero-order valence-corrected chi connectivity index (χ0v) is 20.0. The van der Waals surface area contributed by atoms with Crippen LogP contribution < -0.4 is 14.4 Å². The van der Waals surface area contributed by atoms with E-state index in [0.29, 0.717) is 13.2 Å². The third-order valence-corrected chi connectivity index (χ3v) is 6.76. The molecule has 2 aliphatic rings. The summed E-state index contributed by atoms with van der Waals surface area (Å²) in [6.07, 6.45) is 1.88. The number of rotatable bonds is 5. The van der Waals surface area contributed by atoms with Crippen molar-refractivity contribution in [1.82, 2.24) is 4.90 Å². The van der Waals surface area contributed by atoms with E-state index in [1.807, 2.05) is 42.2 Å². The van der Waals surface area contributed by atoms with Gasteiger partial charge in [-0.25, -0.2) is 0 Å². The standard InChI is InChI=1S/C29H32N2O3/c1-21-3-8-24(9-4-21)29(32)31(25-10-5-22(2)6-11-25)26-13-15-30(16-14-26)20-23-7-12-27-28(19-23)34-18-17-33-27/h3-12,19,26H,13-18,20H2,1-2H3. The highest BCUT2D eigenvalue weighted by atomic mass is 16.6. The molecule has 0 atom stereocenters. The van der Waals surface area contributed by atoms with Crippen molar-refractivity contribution in [3.63, 3.8) is 0 Å². The molecule has 3 aromatic carbocycles. The lowest BCUT2D eigenvalue weighted by molar-refractivity contribution is 0.0958. The summed E-state index contributed by atoms with van der Waals surface area (Å²) in [4.78, 5) is 18.1. The molecule has 5 rings (SSSR count). The number of hydrogen-bond donors (Lipinski definition) is 0. The molecule has 0 saturated carbocycles. The average Bonchev–Trinajstić information content (AvgIpc) is 2.87. The van der Waals surface area contributed by atoms with E-state index < -0.39 is 0 Å². The van der Waals surface area contributed by atoms with Crippen LogP contribution in [-0.4, -0.2) is 43.2 Å². The highest BCUT2D eigenvalue weighted by Crippen LogP contribution is 2.32. The van der Waals surface area contributed by atoms with Crippen molar-refractivity contribution in [1.29, 1.82) is 0 Å². The molecule has 0 spiro atoms. The zero-order chi connectivity index (χ0) is 23.5. The number of carbonyl (C=O) groups is 1. The van der Waals surface area contributed by atoms with Crippen molar-refractivity contribution < 1.29 is 14.3 Å². The third kappa shape index (κ3) is 4.95. The van der Waals surface area contributed by atoms with Gasteiger partial charge in [0.25, 0.3) is 5.91 Å². The number of anilines is 1. The molecule has 5 heteroatoms. The Morgan fingerprint density at radius 1 is 0.853 bits per heavy atom. The van der Waals surface area contributed by atoms with Crippen LogP contribution in [-0.2, 0) is 6.54 Å². The van der Waals surface area contributed by atoms with E-state index in [1.165, 1.54) is 11.1 Å². The Labute approximate surface area is 201 Å². The summed E-state index contributed by atoms with van der Waals surface area (Å²) in [5, 5.41) is 0. The molecule has 1 saturated heterocycles. The number of likely N-dealkylation sites (tertiary alicyclic amines) is 1. The number of hydrogen-bond acceptors (Lipinski definition) is 4. The van der Waals surface area contributed by atoms with Crippen LogP contribution in [0.15, 0.2) is 66.7 Å². The first kappa shape index (κ1) is 22.5. The van der Waals surface area contributed by atoms with Gasteiger partial charge in [0.1, 0.15) is 13.2 Å². The molecule has 0 N–H and O–H groups in total. The topological polar surface area (TPSA) is 42.0 Å². The Morgan fingerprint density at radius 3 is 2.15 bits per heavy atom. The lowest BCUT2D eigenvalue weighted by Gasteiger charge is -2.39. The second kappa shape index (κ2) is 9.90. The fourth-order valence-corrected chi connectivity index (χ4v) is 4.81. The van der Waals surface area contributed by atoms with E-state index in [1.54, 1.807) is 0 Å². The molecule has 2 aliphatic heterocycles. The minimum atomic E-state index is 0.0779. The summed E-state index contributed by atoms with van der Waals surface area (Å²) in [6, 6.07) is 22.6. The normalized spacial score (nSPS) is 16.3. The monoisotopic (exact) mass is 456 g/mol. The minimum absolute atomic E-state index is 0.0779. The summed E-state index contributed by atoms with van der Waals surface area (Å²) in [5.74, 6) is 1.75. The van der Waals surface area contributed by atoms with Crippen LogP contribution in [0.2, 0.25) is 0 Å². The first-order valence-corrected chi connectivity index (χ1v) is 12.1. The number of carbonyl (C=O) groups excluding carboxylic acids is 1. The summed E-state index contributed by atoms with van der Waals surface area (Å²) in [7, 11) is 0. The van der Waals surface area contributed by atoms with Gasteiger partial charge in [0.15, 0.2) is 11.5 Å². The van der Waals surface area contributed by atoms with Gasteiger partial charge >= 0.3 is 0 Å². The van der Waals surface area contributed by atoms with E-state index >= 15 is 0 Å².